The lowest BCUT2D eigenvalue weighted by Gasteiger charge is -2.18. The van der Waals surface area contributed by atoms with E-state index in [9.17, 15) is 22.8 Å². The zero-order valence-corrected chi connectivity index (χ0v) is 22.5. The normalized spacial score (nSPS) is 14.1. The molecule has 220 valence electrons. The largest absolute Gasteiger partial charge is 0.435 e. The van der Waals surface area contributed by atoms with E-state index in [4.69, 9.17) is 5.73 Å². The highest BCUT2D eigenvalue weighted by Crippen LogP contribution is 2.38. The Kier molecular flexibility index (Phi) is 7.16. The van der Waals surface area contributed by atoms with Crippen molar-refractivity contribution in [3.8, 4) is 5.69 Å². The summed E-state index contributed by atoms with van der Waals surface area (Å²) in [6.07, 6.45) is 3.13. The van der Waals surface area contributed by atoms with E-state index in [0.717, 1.165) is 30.0 Å². The molecule has 5 aromatic rings. The molecular weight excluding hydrogens is 566 g/mol. The number of nitrogens with one attached hydrogen (secondary N) is 2. The van der Waals surface area contributed by atoms with Gasteiger partial charge in [-0.15, -0.1) is 0 Å². The summed E-state index contributed by atoms with van der Waals surface area (Å²) in [5, 5.41) is 7.19. The number of H-pyrrole nitrogens is 1. The number of nitrogen functional groups attached to an aromatic ring is 1. The SMILES string of the molecule is Nc1nccc2ccc(-n3nc(C(F)(F)F)cc3C(=O)Nc3cc(C(CCC4CC4)c4ncc[nH]c4=O)ccc3F)cc12. The van der Waals surface area contributed by atoms with Crippen LogP contribution in [-0.4, -0.2) is 30.6 Å². The summed E-state index contributed by atoms with van der Waals surface area (Å²) in [5.74, 6) is -1.62. The summed E-state index contributed by atoms with van der Waals surface area (Å²) < 4.78 is 57.0. The number of carbonyl (C=O) groups excluding carboxylic acids is 1. The summed E-state index contributed by atoms with van der Waals surface area (Å²) in [7, 11) is 0. The van der Waals surface area contributed by atoms with Crippen molar-refractivity contribution in [3.63, 3.8) is 0 Å². The minimum Gasteiger partial charge on any atom is -0.383 e. The van der Waals surface area contributed by atoms with Crippen LogP contribution in [0.4, 0.5) is 29.1 Å². The van der Waals surface area contributed by atoms with Crippen molar-refractivity contribution in [2.75, 3.05) is 11.1 Å². The Morgan fingerprint density at radius 2 is 1.91 bits per heavy atom. The van der Waals surface area contributed by atoms with Crippen LogP contribution in [0.25, 0.3) is 16.5 Å². The first-order valence-electron chi connectivity index (χ1n) is 13.5. The van der Waals surface area contributed by atoms with Gasteiger partial charge in [-0.3, -0.25) is 14.6 Å². The second kappa shape index (κ2) is 11.0. The number of pyridine rings is 1. The van der Waals surface area contributed by atoms with Gasteiger partial charge in [0.2, 0.25) is 0 Å². The fourth-order valence-electron chi connectivity index (χ4n) is 5.11. The number of benzene rings is 2. The minimum absolute atomic E-state index is 0.122. The predicted molar refractivity (Wildman–Crippen MR) is 151 cm³/mol. The van der Waals surface area contributed by atoms with Crippen LogP contribution < -0.4 is 16.6 Å². The number of alkyl halides is 3. The lowest BCUT2D eigenvalue weighted by atomic mass is 9.90. The van der Waals surface area contributed by atoms with Gasteiger partial charge in [-0.1, -0.05) is 25.0 Å². The number of carbonyl (C=O) groups is 1. The molecule has 0 radical (unpaired) electrons. The quantitative estimate of drug-likeness (QED) is 0.195. The second-order valence-electron chi connectivity index (χ2n) is 10.5. The predicted octanol–water partition coefficient (Wildman–Crippen LogP) is 5.82. The van der Waals surface area contributed by atoms with Crippen molar-refractivity contribution in [1.29, 1.82) is 0 Å². The van der Waals surface area contributed by atoms with Gasteiger partial charge in [0.15, 0.2) is 5.69 Å². The molecule has 0 saturated heterocycles. The zero-order chi connectivity index (χ0) is 30.3. The number of anilines is 2. The molecule has 1 aliphatic carbocycles. The number of hydrogen-bond donors (Lipinski definition) is 3. The minimum atomic E-state index is -4.85. The van der Waals surface area contributed by atoms with E-state index in [2.05, 4.69) is 25.4 Å². The molecule has 1 aliphatic rings. The Hall–Kier alpha value is -5.07. The van der Waals surface area contributed by atoms with Crippen LogP contribution in [-0.2, 0) is 6.18 Å². The van der Waals surface area contributed by atoms with Gasteiger partial charge >= 0.3 is 6.18 Å². The fourth-order valence-corrected chi connectivity index (χ4v) is 5.11. The Bertz CT molecular complexity index is 1900. The number of aromatic nitrogens is 5. The average molecular weight is 592 g/mol. The molecule has 6 rings (SSSR count). The molecule has 9 nitrogen and oxygen atoms in total. The van der Waals surface area contributed by atoms with E-state index in [0.29, 0.717) is 34.7 Å². The molecule has 1 amide bonds. The van der Waals surface area contributed by atoms with Crippen LogP contribution in [0.15, 0.2) is 71.9 Å². The Morgan fingerprint density at radius 3 is 2.65 bits per heavy atom. The van der Waals surface area contributed by atoms with E-state index in [1.165, 1.54) is 42.9 Å². The first-order valence-corrected chi connectivity index (χ1v) is 13.5. The first kappa shape index (κ1) is 28.1. The number of rotatable bonds is 8. The number of amides is 1. The van der Waals surface area contributed by atoms with E-state index in [1.807, 2.05) is 0 Å². The van der Waals surface area contributed by atoms with Crippen LogP contribution in [0.5, 0.6) is 0 Å². The van der Waals surface area contributed by atoms with Crippen molar-refractivity contribution >= 4 is 28.2 Å². The molecule has 0 bridgehead atoms. The van der Waals surface area contributed by atoms with Crippen molar-refractivity contribution in [2.24, 2.45) is 5.92 Å². The maximum Gasteiger partial charge on any atom is 0.435 e. The molecule has 4 N–H and O–H groups in total. The molecule has 1 saturated carbocycles. The summed E-state index contributed by atoms with van der Waals surface area (Å²) >= 11 is 0. The van der Waals surface area contributed by atoms with Crippen molar-refractivity contribution in [2.45, 2.75) is 37.8 Å². The van der Waals surface area contributed by atoms with Crippen LogP contribution in [0.1, 0.15) is 59.0 Å². The number of aromatic amines is 1. The molecular formula is C30H25F4N7O2. The number of nitrogens with two attached hydrogens (primary N) is 1. The molecule has 13 heteroatoms. The summed E-state index contributed by atoms with van der Waals surface area (Å²) in [4.78, 5) is 36.9. The van der Waals surface area contributed by atoms with E-state index >= 15 is 4.39 Å². The zero-order valence-electron chi connectivity index (χ0n) is 22.5. The third kappa shape index (κ3) is 5.83. The van der Waals surface area contributed by atoms with Gasteiger partial charge in [0.05, 0.1) is 11.4 Å². The average Bonchev–Trinajstić information content (AvgIpc) is 3.69. The van der Waals surface area contributed by atoms with E-state index in [-0.39, 0.29) is 28.4 Å². The van der Waals surface area contributed by atoms with E-state index < -0.39 is 35.2 Å². The molecule has 3 heterocycles. The Labute approximate surface area is 241 Å². The lowest BCUT2D eigenvalue weighted by molar-refractivity contribution is -0.141. The maximum atomic E-state index is 15.0. The maximum absolute atomic E-state index is 15.0. The van der Waals surface area contributed by atoms with Gasteiger partial charge < -0.3 is 16.0 Å². The number of hydrogen-bond acceptors (Lipinski definition) is 6. The summed E-state index contributed by atoms with van der Waals surface area (Å²) in [6.45, 7) is 0. The third-order valence-electron chi connectivity index (χ3n) is 7.52. The molecule has 1 fully saturated rings. The first-order chi connectivity index (χ1) is 20.6. The third-order valence-corrected chi connectivity index (χ3v) is 7.52. The van der Waals surface area contributed by atoms with Crippen LogP contribution in [0.2, 0.25) is 0 Å². The monoisotopic (exact) mass is 591 g/mol. The molecule has 1 unspecified atom stereocenters. The molecule has 0 aliphatic heterocycles. The summed E-state index contributed by atoms with van der Waals surface area (Å²) in [5.41, 5.74) is 4.43. The molecule has 2 aromatic carbocycles. The Balaban J connectivity index is 1.37. The highest BCUT2D eigenvalue weighted by Gasteiger charge is 2.36. The van der Waals surface area contributed by atoms with Gasteiger partial charge in [0, 0.05) is 36.0 Å². The van der Waals surface area contributed by atoms with Gasteiger partial charge in [-0.05, 0) is 60.0 Å². The van der Waals surface area contributed by atoms with E-state index in [1.54, 1.807) is 12.1 Å². The highest BCUT2D eigenvalue weighted by molar-refractivity contribution is 6.04. The summed E-state index contributed by atoms with van der Waals surface area (Å²) in [6, 6.07) is 10.9. The van der Waals surface area contributed by atoms with Gasteiger partial charge in [0.25, 0.3) is 11.5 Å². The topological polar surface area (TPSA) is 132 Å². The van der Waals surface area contributed by atoms with Gasteiger partial charge in [-0.25, -0.2) is 14.1 Å². The van der Waals surface area contributed by atoms with Crippen LogP contribution >= 0.6 is 0 Å². The van der Waals surface area contributed by atoms with Gasteiger partial charge in [0.1, 0.15) is 23.0 Å². The fraction of sp³-hybridized carbons (Fsp3) is 0.233. The molecule has 3 aromatic heterocycles. The Morgan fingerprint density at radius 1 is 1.09 bits per heavy atom. The lowest BCUT2D eigenvalue weighted by Crippen LogP contribution is -2.20. The number of nitrogens with zero attached hydrogens (tertiary/aromatic N) is 4. The molecule has 43 heavy (non-hydrogen) atoms. The number of halogens is 4. The van der Waals surface area contributed by atoms with Crippen LogP contribution in [0, 0.1) is 11.7 Å². The number of fused-ring (bicyclic) bond motifs is 1. The molecule has 0 spiro atoms. The molecule has 1 atom stereocenters. The van der Waals surface area contributed by atoms with Crippen molar-refractivity contribution in [3.05, 3.63) is 106 Å². The standard InChI is InChI=1S/C30H25F4N7O2/c31-22-8-5-18(20(7-3-16-1-2-16)26-29(43)38-12-11-36-26)13-23(22)39-28(42)24-15-25(30(32,33)34)40-41(24)19-6-4-17-9-10-37-27(35)21(17)14-19/h4-6,8-16,20H,1-3,7H2,(H2,35,37)(H,38,43)(H,39,42). The second-order valence-corrected chi connectivity index (χ2v) is 10.5. The van der Waals surface area contributed by atoms with Crippen LogP contribution in [0.3, 0.4) is 0 Å². The van der Waals surface area contributed by atoms with Gasteiger partial charge in [-0.2, -0.15) is 18.3 Å². The smallest absolute Gasteiger partial charge is 0.383 e. The van der Waals surface area contributed by atoms with Crippen molar-refractivity contribution < 1.29 is 22.4 Å². The van der Waals surface area contributed by atoms with Crippen molar-refractivity contribution in [1.82, 2.24) is 24.7 Å². The highest BCUT2D eigenvalue weighted by atomic mass is 19.4.